The summed E-state index contributed by atoms with van der Waals surface area (Å²) in [5, 5.41) is 0.559. The van der Waals surface area contributed by atoms with Gasteiger partial charge in [-0.2, -0.15) is 0 Å². The molecule has 1 atom stereocenters. The van der Waals surface area contributed by atoms with E-state index in [1.54, 1.807) is 4.90 Å². The third-order valence-corrected chi connectivity index (χ3v) is 4.99. The van der Waals surface area contributed by atoms with Crippen molar-refractivity contribution in [2.75, 3.05) is 4.90 Å². The van der Waals surface area contributed by atoms with Gasteiger partial charge in [0.05, 0.1) is 10.9 Å². The normalized spacial score (nSPS) is 18.4. The van der Waals surface area contributed by atoms with Crippen LogP contribution in [0.4, 0.5) is 5.69 Å². The lowest BCUT2D eigenvalue weighted by Crippen LogP contribution is -2.30. The predicted octanol–water partition coefficient (Wildman–Crippen LogP) is 4.76. The minimum absolute atomic E-state index is 0.0337. The summed E-state index contributed by atoms with van der Waals surface area (Å²) in [6.07, 6.45) is 0. The number of halogens is 1. The molecule has 3 rings (SSSR count). The van der Waals surface area contributed by atoms with Crippen molar-refractivity contribution in [1.82, 2.24) is 0 Å². The van der Waals surface area contributed by atoms with E-state index in [1.807, 2.05) is 55.5 Å². The molecule has 1 aliphatic heterocycles. The molecule has 2 aromatic rings. The van der Waals surface area contributed by atoms with Gasteiger partial charge in [0.1, 0.15) is 4.32 Å². The zero-order chi connectivity index (χ0) is 15.0. The third kappa shape index (κ3) is 2.71. The molecule has 1 aliphatic rings. The van der Waals surface area contributed by atoms with Crippen LogP contribution in [0.5, 0.6) is 0 Å². The summed E-state index contributed by atoms with van der Waals surface area (Å²) < 4.78 is 0.605. The number of thiocarbonyl (C=S) groups is 1. The van der Waals surface area contributed by atoms with Crippen molar-refractivity contribution in [3.63, 3.8) is 0 Å². The molecule has 1 unspecified atom stereocenters. The number of para-hydroxylation sites is 1. The quantitative estimate of drug-likeness (QED) is 0.739. The highest BCUT2D eigenvalue weighted by atomic mass is 35.5. The van der Waals surface area contributed by atoms with Crippen LogP contribution in [0, 0.1) is 0 Å². The number of hydrogen-bond acceptors (Lipinski definition) is 3. The standard InChI is InChI=1S/C16H12ClNOS2/c1-10-15(19)18(16(20)21-10)14-5-3-2-4-13(14)11-6-8-12(17)9-7-11/h2-10H,1H3. The molecule has 0 radical (unpaired) electrons. The fourth-order valence-electron chi connectivity index (χ4n) is 2.29. The maximum atomic E-state index is 12.4. The average Bonchev–Trinajstić information content (AvgIpc) is 2.73. The van der Waals surface area contributed by atoms with Gasteiger partial charge < -0.3 is 0 Å². The third-order valence-electron chi connectivity index (χ3n) is 3.33. The van der Waals surface area contributed by atoms with E-state index < -0.39 is 0 Å². The summed E-state index contributed by atoms with van der Waals surface area (Å²) in [4.78, 5) is 14.0. The monoisotopic (exact) mass is 333 g/mol. The highest BCUT2D eigenvalue weighted by Crippen LogP contribution is 2.37. The lowest BCUT2D eigenvalue weighted by molar-refractivity contribution is -0.116. The van der Waals surface area contributed by atoms with Crippen molar-refractivity contribution in [3.05, 3.63) is 53.6 Å². The number of benzene rings is 2. The molecule has 2 nitrogen and oxygen atoms in total. The summed E-state index contributed by atoms with van der Waals surface area (Å²) in [6.45, 7) is 1.88. The molecule has 21 heavy (non-hydrogen) atoms. The fraction of sp³-hybridized carbons (Fsp3) is 0.125. The predicted molar refractivity (Wildman–Crippen MR) is 94.0 cm³/mol. The summed E-state index contributed by atoms with van der Waals surface area (Å²) in [5.74, 6) is 0.0337. The van der Waals surface area contributed by atoms with Crippen molar-refractivity contribution in [1.29, 1.82) is 0 Å². The highest BCUT2D eigenvalue weighted by molar-refractivity contribution is 8.25. The molecule has 1 fully saturated rings. The Bertz CT molecular complexity index is 714. The van der Waals surface area contributed by atoms with Gasteiger partial charge in [0.25, 0.3) is 0 Å². The molecule has 2 aromatic carbocycles. The minimum atomic E-state index is -0.129. The van der Waals surface area contributed by atoms with Gasteiger partial charge in [-0.1, -0.05) is 65.9 Å². The van der Waals surface area contributed by atoms with Crippen molar-refractivity contribution in [3.8, 4) is 11.1 Å². The largest absolute Gasteiger partial charge is 0.273 e. The number of thioether (sulfide) groups is 1. The number of nitrogens with zero attached hydrogens (tertiary/aromatic N) is 1. The SMILES string of the molecule is CC1SC(=S)N(c2ccccc2-c2ccc(Cl)cc2)C1=O. The topological polar surface area (TPSA) is 20.3 Å². The van der Waals surface area contributed by atoms with Crippen LogP contribution in [0.15, 0.2) is 48.5 Å². The Morgan fingerprint density at radius 2 is 1.81 bits per heavy atom. The van der Waals surface area contributed by atoms with Crippen molar-refractivity contribution in [2.24, 2.45) is 0 Å². The first-order valence-electron chi connectivity index (χ1n) is 6.47. The van der Waals surface area contributed by atoms with Gasteiger partial charge in [-0.05, 0) is 30.7 Å². The van der Waals surface area contributed by atoms with Gasteiger partial charge >= 0.3 is 0 Å². The van der Waals surface area contributed by atoms with E-state index >= 15 is 0 Å². The molecule has 5 heteroatoms. The molecular formula is C16H12ClNOS2. The van der Waals surface area contributed by atoms with Gasteiger partial charge in [0.2, 0.25) is 5.91 Å². The van der Waals surface area contributed by atoms with Crippen LogP contribution >= 0.6 is 35.6 Å². The maximum absolute atomic E-state index is 12.4. The summed E-state index contributed by atoms with van der Waals surface area (Å²) in [5.41, 5.74) is 2.81. The van der Waals surface area contributed by atoms with Gasteiger partial charge in [-0.3, -0.25) is 9.69 Å². The Morgan fingerprint density at radius 1 is 1.14 bits per heavy atom. The van der Waals surface area contributed by atoms with E-state index in [-0.39, 0.29) is 11.2 Å². The lowest BCUT2D eigenvalue weighted by atomic mass is 10.0. The highest BCUT2D eigenvalue weighted by Gasteiger charge is 2.35. The smallest absolute Gasteiger partial charge is 0.245 e. The number of hydrogen-bond donors (Lipinski definition) is 0. The zero-order valence-electron chi connectivity index (χ0n) is 11.2. The Labute approximate surface area is 138 Å². The van der Waals surface area contributed by atoms with Gasteiger partial charge in [0.15, 0.2) is 0 Å². The molecule has 1 amide bonds. The Hall–Kier alpha value is -1.36. The number of anilines is 1. The molecular weight excluding hydrogens is 322 g/mol. The van der Waals surface area contributed by atoms with Crippen molar-refractivity contribution >= 4 is 51.5 Å². The van der Waals surface area contributed by atoms with Crippen molar-refractivity contribution in [2.45, 2.75) is 12.2 Å². The maximum Gasteiger partial charge on any atom is 0.245 e. The van der Waals surface area contributed by atoms with Gasteiger partial charge in [-0.15, -0.1) is 0 Å². The van der Waals surface area contributed by atoms with Crippen LogP contribution in [0.2, 0.25) is 5.02 Å². The molecule has 0 aliphatic carbocycles. The summed E-state index contributed by atoms with van der Waals surface area (Å²) >= 11 is 12.7. The first kappa shape index (κ1) is 14.6. The second-order valence-electron chi connectivity index (χ2n) is 4.72. The van der Waals surface area contributed by atoms with Crippen LogP contribution < -0.4 is 4.90 Å². The van der Waals surface area contributed by atoms with Crippen LogP contribution in [-0.2, 0) is 4.79 Å². The van der Waals surface area contributed by atoms with Gasteiger partial charge in [-0.25, -0.2) is 0 Å². The molecule has 0 bridgehead atoms. The Morgan fingerprint density at radius 3 is 2.43 bits per heavy atom. The number of rotatable bonds is 2. The van der Waals surface area contributed by atoms with Crippen LogP contribution in [0.1, 0.15) is 6.92 Å². The lowest BCUT2D eigenvalue weighted by Gasteiger charge is -2.19. The molecule has 0 aromatic heterocycles. The molecule has 0 N–H and O–H groups in total. The van der Waals surface area contributed by atoms with E-state index in [1.165, 1.54) is 11.8 Å². The number of carbonyl (C=O) groups is 1. The van der Waals surface area contributed by atoms with Crippen molar-refractivity contribution < 1.29 is 4.79 Å². The average molecular weight is 334 g/mol. The second kappa shape index (κ2) is 5.79. The molecule has 0 saturated carbocycles. The first-order chi connectivity index (χ1) is 10.1. The van der Waals surface area contributed by atoms with Crippen LogP contribution in [0.25, 0.3) is 11.1 Å². The molecule has 1 saturated heterocycles. The summed E-state index contributed by atoms with van der Waals surface area (Å²) in [7, 11) is 0. The summed E-state index contributed by atoms with van der Waals surface area (Å²) in [6, 6.07) is 15.4. The van der Waals surface area contributed by atoms with E-state index in [0.717, 1.165) is 16.8 Å². The van der Waals surface area contributed by atoms with E-state index in [4.69, 9.17) is 23.8 Å². The fourth-order valence-corrected chi connectivity index (χ4v) is 3.84. The van der Waals surface area contributed by atoms with Crippen LogP contribution in [-0.4, -0.2) is 15.5 Å². The van der Waals surface area contributed by atoms with E-state index in [0.29, 0.717) is 9.34 Å². The van der Waals surface area contributed by atoms with E-state index in [2.05, 4.69) is 0 Å². The molecule has 106 valence electrons. The zero-order valence-corrected chi connectivity index (χ0v) is 13.6. The Kier molecular flexibility index (Phi) is 4.02. The molecule has 0 spiro atoms. The van der Waals surface area contributed by atoms with E-state index in [9.17, 15) is 4.79 Å². The Balaban J connectivity index is 2.10. The van der Waals surface area contributed by atoms with Gasteiger partial charge in [0, 0.05) is 10.6 Å². The number of amides is 1. The molecule has 1 heterocycles. The van der Waals surface area contributed by atoms with Crippen LogP contribution in [0.3, 0.4) is 0 Å². The first-order valence-corrected chi connectivity index (χ1v) is 8.14. The second-order valence-corrected chi connectivity index (χ2v) is 7.13. The minimum Gasteiger partial charge on any atom is -0.273 e. The number of carbonyl (C=O) groups excluding carboxylic acids is 1.